The third-order valence-electron chi connectivity index (χ3n) is 3.52. The van der Waals surface area contributed by atoms with E-state index in [1.807, 2.05) is 49.4 Å². The van der Waals surface area contributed by atoms with E-state index in [2.05, 4.69) is 15.5 Å². The van der Waals surface area contributed by atoms with Crippen molar-refractivity contribution in [2.24, 2.45) is 0 Å². The van der Waals surface area contributed by atoms with Crippen molar-refractivity contribution in [1.29, 1.82) is 0 Å². The number of nitrogens with one attached hydrogen (secondary N) is 1. The lowest BCUT2D eigenvalue weighted by molar-refractivity contribution is -0.116. The molecule has 0 fully saturated rings. The zero-order chi connectivity index (χ0) is 16.9. The summed E-state index contributed by atoms with van der Waals surface area (Å²) in [6.07, 6.45) is 0.632. The third kappa shape index (κ3) is 4.00. The van der Waals surface area contributed by atoms with Crippen LogP contribution in [0.4, 0.5) is 5.69 Å². The van der Waals surface area contributed by atoms with E-state index in [9.17, 15) is 4.79 Å². The van der Waals surface area contributed by atoms with E-state index in [4.69, 9.17) is 16.1 Å². The molecule has 0 saturated carbocycles. The number of anilines is 1. The molecule has 0 radical (unpaired) electrons. The second-order valence-corrected chi connectivity index (χ2v) is 5.80. The van der Waals surface area contributed by atoms with Crippen LogP contribution in [0.5, 0.6) is 0 Å². The quantitative estimate of drug-likeness (QED) is 0.752. The Labute approximate surface area is 144 Å². The first-order valence-corrected chi connectivity index (χ1v) is 7.93. The van der Waals surface area contributed by atoms with Crippen molar-refractivity contribution < 1.29 is 9.32 Å². The van der Waals surface area contributed by atoms with Crippen molar-refractivity contribution in [3.05, 3.63) is 65.0 Å². The van der Waals surface area contributed by atoms with Crippen molar-refractivity contribution in [1.82, 2.24) is 10.1 Å². The number of carbonyl (C=O) groups excluding carboxylic acids is 1. The Hall–Kier alpha value is -2.66. The van der Waals surface area contributed by atoms with Crippen LogP contribution in [0.1, 0.15) is 17.9 Å². The zero-order valence-corrected chi connectivity index (χ0v) is 13.9. The number of halogens is 1. The Balaban J connectivity index is 1.56. The highest BCUT2D eigenvalue weighted by Gasteiger charge is 2.11. The number of aryl methyl sites for hydroxylation is 2. The first-order chi connectivity index (χ1) is 11.6. The molecule has 0 bridgehead atoms. The Morgan fingerprint density at radius 1 is 1.21 bits per heavy atom. The maximum atomic E-state index is 12.0. The number of carbonyl (C=O) groups is 1. The number of amides is 1. The number of hydrogen-bond donors (Lipinski definition) is 1. The standard InChI is InChI=1S/C18H16ClN3O2/c1-12-7-8-14(11-15(12)19)20-16(23)9-10-17-21-18(22-24-17)13-5-3-2-4-6-13/h2-8,11H,9-10H2,1H3,(H,20,23). The van der Waals surface area contributed by atoms with Crippen LogP contribution in [-0.4, -0.2) is 16.0 Å². The van der Waals surface area contributed by atoms with Crippen LogP contribution in [0, 0.1) is 6.92 Å². The van der Waals surface area contributed by atoms with E-state index in [0.29, 0.717) is 28.8 Å². The number of nitrogens with zero attached hydrogens (tertiary/aromatic N) is 2. The minimum atomic E-state index is -0.130. The summed E-state index contributed by atoms with van der Waals surface area (Å²) < 4.78 is 5.19. The predicted octanol–water partition coefficient (Wildman–Crippen LogP) is 4.27. The fourth-order valence-corrected chi connectivity index (χ4v) is 2.36. The molecule has 122 valence electrons. The lowest BCUT2D eigenvalue weighted by Crippen LogP contribution is -2.12. The molecule has 1 heterocycles. The summed E-state index contributed by atoms with van der Waals surface area (Å²) in [6, 6.07) is 15.0. The normalized spacial score (nSPS) is 10.6. The summed E-state index contributed by atoms with van der Waals surface area (Å²) in [6.45, 7) is 1.91. The van der Waals surface area contributed by atoms with Crippen molar-refractivity contribution in [2.75, 3.05) is 5.32 Å². The van der Waals surface area contributed by atoms with E-state index in [0.717, 1.165) is 11.1 Å². The maximum absolute atomic E-state index is 12.0. The zero-order valence-electron chi connectivity index (χ0n) is 13.1. The molecular weight excluding hydrogens is 326 g/mol. The van der Waals surface area contributed by atoms with Gasteiger partial charge in [0, 0.05) is 29.1 Å². The Morgan fingerprint density at radius 3 is 2.75 bits per heavy atom. The topological polar surface area (TPSA) is 68.0 Å². The van der Waals surface area contributed by atoms with Gasteiger partial charge in [0.2, 0.25) is 17.6 Å². The molecule has 1 aromatic heterocycles. The smallest absolute Gasteiger partial charge is 0.227 e. The highest BCUT2D eigenvalue weighted by molar-refractivity contribution is 6.31. The fraction of sp³-hybridized carbons (Fsp3) is 0.167. The molecule has 0 atom stereocenters. The SMILES string of the molecule is Cc1ccc(NC(=O)CCc2nc(-c3ccccc3)no2)cc1Cl. The van der Waals surface area contributed by atoms with Gasteiger partial charge in [-0.1, -0.05) is 53.2 Å². The Kier molecular flexibility index (Phi) is 4.91. The summed E-state index contributed by atoms with van der Waals surface area (Å²) in [7, 11) is 0. The van der Waals surface area contributed by atoms with Crippen LogP contribution in [-0.2, 0) is 11.2 Å². The van der Waals surface area contributed by atoms with Gasteiger partial charge in [0.1, 0.15) is 0 Å². The van der Waals surface area contributed by atoms with Gasteiger partial charge in [-0.15, -0.1) is 0 Å². The summed E-state index contributed by atoms with van der Waals surface area (Å²) in [5.41, 5.74) is 2.52. The molecule has 24 heavy (non-hydrogen) atoms. The lowest BCUT2D eigenvalue weighted by atomic mass is 10.2. The van der Waals surface area contributed by atoms with Gasteiger partial charge in [0.05, 0.1) is 0 Å². The molecule has 2 aromatic carbocycles. The molecule has 0 saturated heterocycles. The van der Waals surface area contributed by atoms with Crippen LogP contribution < -0.4 is 5.32 Å². The molecule has 3 rings (SSSR count). The van der Waals surface area contributed by atoms with Gasteiger partial charge in [0.25, 0.3) is 0 Å². The van der Waals surface area contributed by atoms with Crippen LogP contribution in [0.15, 0.2) is 53.1 Å². The van der Waals surface area contributed by atoms with E-state index in [1.54, 1.807) is 6.07 Å². The third-order valence-corrected chi connectivity index (χ3v) is 3.93. The minimum absolute atomic E-state index is 0.130. The van der Waals surface area contributed by atoms with Gasteiger partial charge in [-0.25, -0.2) is 0 Å². The summed E-state index contributed by atoms with van der Waals surface area (Å²) in [5.74, 6) is 0.830. The molecule has 1 amide bonds. The van der Waals surface area contributed by atoms with Crippen LogP contribution in [0.3, 0.4) is 0 Å². The van der Waals surface area contributed by atoms with E-state index in [-0.39, 0.29) is 12.3 Å². The van der Waals surface area contributed by atoms with Crippen molar-refractivity contribution in [2.45, 2.75) is 19.8 Å². The molecule has 0 aliphatic rings. The molecule has 3 aromatic rings. The van der Waals surface area contributed by atoms with Crippen LogP contribution >= 0.6 is 11.6 Å². The van der Waals surface area contributed by atoms with Gasteiger partial charge >= 0.3 is 0 Å². The summed E-state index contributed by atoms with van der Waals surface area (Å²) in [4.78, 5) is 16.3. The molecule has 0 spiro atoms. The van der Waals surface area contributed by atoms with Crippen molar-refractivity contribution in [3.63, 3.8) is 0 Å². The van der Waals surface area contributed by atoms with E-state index in [1.165, 1.54) is 0 Å². The first kappa shape index (κ1) is 16.2. The molecule has 5 nitrogen and oxygen atoms in total. The Bertz CT molecular complexity index is 846. The largest absolute Gasteiger partial charge is 0.339 e. The van der Waals surface area contributed by atoms with Crippen molar-refractivity contribution in [3.8, 4) is 11.4 Å². The van der Waals surface area contributed by atoms with Gasteiger partial charge in [-0.3, -0.25) is 4.79 Å². The van der Waals surface area contributed by atoms with E-state index >= 15 is 0 Å². The molecule has 0 aliphatic heterocycles. The van der Waals surface area contributed by atoms with Gasteiger partial charge in [-0.05, 0) is 24.6 Å². The first-order valence-electron chi connectivity index (χ1n) is 7.56. The lowest BCUT2D eigenvalue weighted by Gasteiger charge is -2.06. The molecular formula is C18H16ClN3O2. The molecule has 0 aliphatic carbocycles. The van der Waals surface area contributed by atoms with Crippen molar-refractivity contribution >= 4 is 23.2 Å². The maximum Gasteiger partial charge on any atom is 0.227 e. The highest BCUT2D eigenvalue weighted by atomic mass is 35.5. The fourth-order valence-electron chi connectivity index (χ4n) is 2.18. The number of benzene rings is 2. The highest BCUT2D eigenvalue weighted by Crippen LogP contribution is 2.20. The van der Waals surface area contributed by atoms with Gasteiger partial charge in [-0.2, -0.15) is 4.98 Å². The second kappa shape index (κ2) is 7.27. The number of rotatable bonds is 5. The summed E-state index contributed by atoms with van der Waals surface area (Å²) >= 11 is 6.05. The van der Waals surface area contributed by atoms with Crippen LogP contribution in [0.25, 0.3) is 11.4 Å². The molecule has 0 unspecified atom stereocenters. The van der Waals surface area contributed by atoms with E-state index < -0.39 is 0 Å². The second-order valence-electron chi connectivity index (χ2n) is 5.39. The average molecular weight is 342 g/mol. The minimum Gasteiger partial charge on any atom is -0.339 e. The average Bonchev–Trinajstić information content (AvgIpc) is 3.06. The number of aromatic nitrogens is 2. The van der Waals surface area contributed by atoms with Gasteiger partial charge in [0.15, 0.2) is 0 Å². The van der Waals surface area contributed by atoms with Crippen LogP contribution in [0.2, 0.25) is 5.02 Å². The molecule has 6 heteroatoms. The molecule has 1 N–H and O–H groups in total. The Morgan fingerprint density at radius 2 is 2.00 bits per heavy atom. The number of hydrogen-bond acceptors (Lipinski definition) is 4. The predicted molar refractivity (Wildman–Crippen MR) is 92.9 cm³/mol. The summed E-state index contributed by atoms with van der Waals surface area (Å²) in [5, 5.41) is 7.36. The van der Waals surface area contributed by atoms with Gasteiger partial charge < -0.3 is 9.84 Å². The monoisotopic (exact) mass is 341 g/mol.